The van der Waals surface area contributed by atoms with Gasteiger partial charge >= 0.3 is 0 Å². The van der Waals surface area contributed by atoms with Crippen molar-refractivity contribution in [2.75, 3.05) is 0 Å². The van der Waals surface area contributed by atoms with Gasteiger partial charge in [-0.2, -0.15) is 4.37 Å². The van der Waals surface area contributed by atoms with E-state index in [9.17, 15) is 0 Å². The van der Waals surface area contributed by atoms with E-state index < -0.39 is 0 Å². The highest BCUT2D eigenvalue weighted by molar-refractivity contribution is 7.13. The summed E-state index contributed by atoms with van der Waals surface area (Å²) in [5, 5.41) is 0.933. The van der Waals surface area contributed by atoms with Gasteiger partial charge in [-0.3, -0.25) is 0 Å². The zero-order valence-corrected chi connectivity index (χ0v) is 5.33. The molecular weight excluding hydrogens is 130 g/mol. The van der Waals surface area contributed by atoms with Gasteiger partial charge < -0.3 is 0 Å². The Kier molecular flexibility index (Phi) is 0.993. The average molecular weight is 132 g/mol. The van der Waals surface area contributed by atoms with Gasteiger partial charge in [0.2, 0.25) is 0 Å². The van der Waals surface area contributed by atoms with Crippen molar-refractivity contribution < 1.29 is 0 Å². The predicted octanol–water partition coefficient (Wildman–Crippen LogP) is 1.70. The lowest BCUT2D eigenvalue weighted by atomic mass is 10.3. The SMILES string of the molecule is [c]1[c]c2[c]nsc2cc1. The number of rotatable bonds is 0. The molecule has 1 nitrogen and oxygen atoms in total. The second kappa shape index (κ2) is 1.81. The molecule has 0 unspecified atom stereocenters. The van der Waals surface area contributed by atoms with E-state index >= 15 is 0 Å². The molecule has 9 heavy (non-hydrogen) atoms. The number of hydrogen-bond acceptors (Lipinski definition) is 2. The lowest BCUT2D eigenvalue weighted by Crippen LogP contribution is -1.59. The number of fused-ring (bicyclic) bond motifs is 1. The Labute approximate surface area is 57.1 Å². The standard InChI is InChI=1S/C7H2NS/c1-2-4-7-6(3-1)5-8-9-7/h2,4H. The largest absolute Gasteiger partial charge is 0.190 e. The van der Waals surface area contributed by atoms with Gasteiger partial charge in [0, 0.05) is 11.5 Å². The molecule has 2 aromatic rings. The fourth-order valence-corrected chi connectivity index (χ4v) is 1.21. The van der Waals surface area contributed by atoms with Gasteiger partial charge in [-0.1, -0.05) is 6.07 Å². The number of nitrogens with zero attached hydrogens (tertiary/aromatic N) is 1. The summed E-state index contributed by atoms with van der Waals surface area (Å²) in [6.45, 7) is 0. The van der Waals surface area contributed by atoms with Gasteiger partial charge in [-0.05, 0) is 23.7 Å². The molecule has 1 heterocycles. The van der Waals surface area contributed by atoms with Crippen LogP contribution in [0.3, 0.4) is 0 Å². The van der Waals surface area contributed by atoms with Crippen molar-refractivity contribution in [2.45, 2.75) is 0 Å². The van der Waals surface area contributed by atoms with Crippen molar-refractivity contribution in [1.29, 1.82) is 0 Å². The molecule has 0 N–H and O–H groups in total. The third kappa shape index (κ3) is 0.715. The maximum absolute atomic E-state index is 3.87. The summed E-state index contributed by atoms with van der Waals surface area (Å²) < 4.78 is 4.99. The Bertz CT molecular complexity index is 283. The lowest BCUT2D eigenvalue weighted by molar-refractivity contribution is 1.58. The predicted molar refractivity (Wildman–Crippen MR) is 36.1 cm³/mol. The summed E-state index contributed by atoms with van der Waals surface area (Å²) in [5.74, 6) is 0. The Morgan fingerprint density at radius 2 is 2.56 bits per heavy atom. The molecular formula is C7H2NS. The fraction of sp³-hybridized carbons (Fsp3) is 0. The minimum atomic E-state index is 0.933. The van der Waals surface area contributed by atoms with E-state index in [-0.39, 0.29) is 0 Å². The summed E-state index contributed by atoms with van der Waals surface area (Å²) >= 11 is 1.43. The van der Waals surface area contributed by atoms with Crippen LogP contribution in [0.1, 0.15) is 0 Å². The van der Waals surface area contributed by atoms with Gasteiger partial charge in [-0.15, -0.1) is 0 Å². The second-order valence-corrected chi connectivity index (χ2v) is 2.44. The molecule has 1 aromatic heterocycles. The maximum Gasteiger partial charge on any atom is 0.113 e. The van der Waals surface area contributed by atoms with Crippen molar-refractivity contribution >= 4 is 21.6 Å². The first-order valence-electron chi connectivity index (χ1n) is 2.52. The quantitative estimate of drug-likeness (QED) is 0.531. The van der Waals surface area contributed by atoms with Gasteiger partial charge in [0.05, 0.1) is 4.70 Å². The van der Waals surface area contributed by atoms with Gasteiger partial charge in [0.15, 0.2) is 0 Å². The summed E-state index contributed by atoms with van der Waals surface area (Å²) in [4.78, 5) is 0. The van der Waals surface area contributed by atoms with Crippen molar-refractivity contribution in [2.24, 2.45) is 0 Å². The van der Waals surface area contributed by atoms with E-state index in [2.05, 4.69) is 22.7 Å². The topological polar surface area (TPSA) is 12.9 Å². The highest BCUT2D eigenvalue weighted by Gasteiger charge is 1.91. The first kappa shape index (κ1) is 4.94. The van der Waals surface area contributed by atoms with Gasteiger partial charge in [-0.25, -0.2) is 0 Å². The van der Waals surface area contributed by atoms with Crippen LogP contribution in [0.25, 0.3) is 10.1 Å². The van der Waals surface area contributed by atoms with Crippen LogP contribution in [-0.2, 0) is 0 Å². The van der Waals surface area contributed by atoms with E-state index in [0.29, 0.717) is 0 Å². The van der Waals surface area contributed by atoms with Crippen LogP contribution in [0.15, 0.2) is 12.1 Å². The van der Waals surface area contributed by atoms with Crippen LogP contribution in [0, 0.1) is 18.3 Å². The molecule has 0 aliphatic rings. The highest BCUT2D eigenvalue weighted by atomic mass is 32.1. The van der Waals surface area contributed by atoms with Gasteiger partial charge in [0.1, 0.15) is 6.20 Å². The number of aromatic nitrogens is 1. The lowest BCUT2D eigenvalue weighted by Gasteiger charge is -1.78. The Hall–Kier alpha value is -0.890. The minimum absolute atomic E-state index is 0.933. The first-order chi connectivity index (χ1) is 4.47. The van der Waals surface area contributed by atoms with Crippen LogP contribution in [-0.4, -0.2) is 4.37 Å². The molecule has 0 fully saturated rings. The first-order valence-corrected chi connectivity index (χ1v) is 3.29. The monoisotopic (exact) mass is 132 g/mol. The van der Waals surface area contributed by atoms with E-state index in [1.807, 2.05) is 12.1 Å². The molecule has 0 spiro atoms. The summed E-state index contributed by atoms with van der Waals surface area (Å²) in [5.41, 5.74) is 0. The number of benzene rings is 1. The fourth-order valence-electron chi connectivity index (χ4n) is 0.653. The molecule has 2 heteroatoms. The molecule has 41 valence electrons. The second-order valence-electron chi connectivity index (χ2n) is 1.64. The van der Waals surface area contributed by atoms with Gasteiger partial charge in [0.25, 0.3) is 0 Å². The smallest absolute Gasteiger partial charge is 0.113 e. The van der Waals surface area contributed by atoms with Crippen LogP contribution < -0.4 is 0 Å². The molecule has 0 saturated carbocycles. The zero-order chi connectivity index (χ0) is 6.10. The van der Waals surface area contributed by atoms with Crippen molar-refractivity contribution in [3.8, 4) is 0 Å². The molecule has 0 amide bonds. The van der Waals surface area contributed by atoms with Crippen molar-refractivity contribution in [3.05, 3.63) is 30.5 Å². The summed E-state index contributed by atoms with van der Waals surface area (Å²) in [6.07, 6.45) is 2.80. The van der Waals surface area contributed by atoms with Crippen LogP contribution >= 0.6 is 11.5 Å². The van der Waals surface area contributed by atoms with Crippen molar-refractivity contribution in [1.82, 2.24) is 4.37 Å². The third-order valence-corrected chi connectivity index (χ3v) is 1.78. The molecule has 2 rings (SSSR count). The van der Waals surface area contributed by atoms with E-state index in [0.717, 1.165) is 10.1 Å². The maximum atomic E-state index is 3.87. The average Bonchev–Trinajstić information content (AvgIpc) is 2.33. The Balaban J connectivity index is 2.95. The molecule has 0 aliphatic carbocycles. The van der Waals surface area contributed by atoms with Crippen LogP contribution in [0.4, 0.5) is 0 Å². The molecule has 0 saturated heterocycles. The molecule has 1 aromatic carbocycles. The Morgan fingerprint density at radius 1 is 1.56 bits per heavy atom. The Morgan fingerprint density at radius 3 is 3.44 bits per heavy atom. The highest BCUT2D eigenvalue weighted by Crippen LogP contribution is 2.14. The summed E-state index contributed by atoms with van der Waals surface area (Å²) in [7, 11) is 0. The van der Waals surface area contributed by atoms with Crippen LogP contribution in [0.5, 0.6) is 0 Å². The molecule has 3 radical (unpaired) electrons. The van der Waals surface area contributed by atoms with E-state index in [4.69, 9.17) is 0 Å². The van der Waals surface area contributed by atoms with E-state index in [1.165, 1.54) is 11.5 Å². The minimum Gasteiger partial charge on any atom is -0.190 e. The number of hydrogen-bond donors (Lipinski definition) is 0. The molecule has 0 bridgehead atoms. The van der Waals surface area contributed by atoms with Crippen molar-refractivity contribution in [3.63, 3.8) is 0 Å². The summed E-state index contributed by atoms with van der Waals surface area (Å²) in [6, 6.07) is 9.52. The van der Waals surface area contributed by atoms with Crippen LogP contribution in [0.2, 0.25) is 0 Å². The van der Waals surface area contributed by atoms with E-state index in [1.54, 1.807) is 0 Å². The normalized spacial score (nSPS) is 10.2. The molecule has 0 atom stereocenters. The zero-order valence-electron chi connectivity index (χ0n) is 4.51. The molecule has 0 aliphatic heterocycles. The third-order valence-electron chi connectivity index (χ3n) is 1.06.